The van der Waals surface area contributed by atoms with Crippen molar-refractivity contribution in [2.45, 2.75) is 59.3 Å². The van der Waals surface area contributed by atoms with Crippen LogP contribution in [0.15, 0.2) is 0 Å². The zero-order valence-electron chi connectivity index (χ0n) is 11.5. The third kappa shape index (κ3) is 2.61. The summed E-state index contributed by atoms with van der Waals surface area (Å²) in [7, 11) is 0. The fourth-order valence-corrected chi connectivity index (χ4v) is 3.76. The maximum absolute atomic E-state index is 2.62. The molecule has 1 saturated carbocycles. The van der Waals surface area contributed by atoms with Crippen LogP contribution < -0.4 is 0 Å². The van der Waals surface area contributed by atoms with Crippen molar-refractivity contribution in [3.8, 4) is 0 Å². The topological polar surface area (TPSA) is 3.24 Å². The minimum absolute atomic E-state index is 0.761. The van der Waals surface area contributed by atoms with Gasteiger partial charge < -0.3 is 4.90 Å². The molecule has 2 rings (SSSR count). The molecule has 1 aliphatic heterocycles. The van der Waals surface area contributed by atoms with Gasteiger partial charge >= 0.3 is 0 Å². The molecule has 1 heterocycles. The van der Waals surface area contributed by atoms with Crippen LogP contribution in [-0.2, 0) is 0 Å². The van der Waals surface area contributed by atoms with Gasteiger partial charge in [-0.1, -0.05) is 20.8 Å². The second-order valence-corrected chi connectivity index (χ2v) is 6.52. The van der Waals surface area contributed by atoms with Crippen molar-refractivity contribution in [2.24, 2.45) is 17.3 Å². The number of hydrogen-bond donors (Lipinski definition) is 0. The van der Waals surface area contributed by atoms with Gasteiger partial charge in [-0.2, -0.15) is 0 Å². The first-order valence-corrected chi connectivity index (χ1v) is 7.37. The summed E-state index contributed by atoms with van der Waals surface area (Å²) in [6, 6.07) is 0. The van der Waals surface area contributed by atoms with E-state index in [0.29, 0.717) is 0 Å². The van der Waals surface area contributed by atoms with Crippen molar-refractivity contribution in [3.63, 3.8) is 0 Å². The Morgan fingerprint density at radius 2 is 1.62 bits per heavy atom. The quantitative estimate of drug-likeness (QED) is 0.685. The van der Waals surface area contributed by atoms with E-state index < -0.39 is 0 Å². The van der Waals surface area contributed by atoms with E-state index in [4.69, 9.17) is 0 Å². The molecule has 2 aliphatic rings. The van der Waals surface area contributed by atoms with Crippen molar-refractivity contribution >= 4 is 0 Å². The Morgan fingerprint density at radius 3 is 2.06 bits per heavy atom. The maximum Gasteiger partial charge on any atom is -0.00135 e. The van der Waals surface area contributed by atoms with Crippen molar-refractivity contribution in [2.75, 3.05) is 19.6 Å². The predicted octanol–water partition coefficient (Wildman–Crippen LogP) is 3.93. The summed E-state index contributed by atoms with van der Waals surface area (Å²) >= 11 is 0. The van der Waals surface area contributed by atoms with Gasteiger partial charge in [0, 0.05) is 0 Å². The number of rotatable bonds is 2. The summed E-state index contributed by atoms with van der Waals surface area (Å²) in [5.74, 6) is 1.93. The van der Waals surface area contributed by atoms with E-state index in [-0.39, 0.29) is 0 Å². The molecular weight excluding hydrogens is 194 g/mol. The standard InChI is InChI=1S/C15H29N/c1-4-16-11-9-15(10-12-16)7-5-14(6-8-15)13(2)3/h13-14H,4-12H2,1-3H3. The molecule has 1 aliphatic carbocycles. The lowest BCUT2D eigenvalue weighted by Crippen LogP contribution is -2.42. The summed E-state index contributed by atoms with van der Waals surface area (Å²) < 4.78 is 0. The van der Waals surface area contributed by atoms with Crippen molar-refractivity contribution in [3.05, 3.63) is 0 Å². The fourth-order valence-electron chi connectivity index (χ4n) is 3.76. The fraction of sp³-hybridized carbons (Fsp3) is 1.00. The minimum atomic E-state index is 0.761. The van der Waals surface area contributed by atoms with Crippen LogP contribution in [0.1, 0.15) is 59.3 Å². The average Bonchev–Trinajstić information content (AvgIpc) is 2.31. The van der Waals surface area contributed by atoms with E-state index in [1.807, 2.05) is 0 Å². The van der Waals surface area contributed by atoms with Crippen LogP contribution in [0, 0.1) is 17.3 Å². The van der Waals surface area contributed by atoms with Gasteiger partial charge in [0.25, 0.3) is 0 Å². The van der Waals surface area contributed by atoms with Crippen LogP contribution in [0.3, 0.4) is 0 Å². The van der Waals surface area contributed by atoms with Crippen molar-refractivity contribution in [1.29, 1.82) is 0 Å². The first kappa shape index (κ1) is 12.4. The predicted molar refractivity (Wildman–Crippen MR) is 70.6 cm³/mol. The molecule has 16 heavy (non-hydrogen) atoms. The molecule has 2 fully saturated rings. The van der Waals surface area contributed by atoms with Gasteiger partial charge in [0.1, 0.15) is 0 Å². The molecule has 0 unspecified atom stereocenters. The molecule has 1 heteroatoms. The lowest BCUT2D eigenvalue weighted by atomic mass is 9.64. The minimum Gasteiger partial charge on any atom is -0.304 e. The Morgan fingerprint density at radius 1 is 1.06 bits per heavy atom. The number of likely N-dealkylation sites (tertiary alicyclic amines) is 1. The molecule has 0 aromatic rings. The Labute approximate surface area is 102 Å². The molecule has 0 amide bonds. The second-order valence-electron chi connectivity index (χ2n) is 6.52. The Hall–Kier alpha value is -0.0400. The second kappa shape index (κ2) is 5.08. The molecule has 0 N–H and O–H groups in total. The summed E-state index contributed by atoms with van der Waals surface area (Å²) in [5, 5.41) is 0. The molecule has 0 radical (unpaired) electrons. The van der Waals surface area contributed by atoms with Crippen molar-refractivity contribution in [1.82, 2.24) is 4.90 Å². The maximum atomic E-state index is 2.62. The van der Waals surface area contributed by atoms with Gasteiger partial charge in [0.15, 0.2) is 0 Å². The van der Waals surface area contributed by atoms with Crippen LogP contribution in [0.5, 0.6) is 0 Å². The lowest BCUT2D eigenvalue weighted by Gasteiger charge is -2.46. The van der Waals surface area contributed by atoms with Gasteiger partial charge in [-0.15, -0.1) is 0 Å². The van der Waals surface area contributed by atoms with Gasteiger partial charge in [-0.05, 0) is 75.4 Å². The molecule has 1 saturated heterocycles. The van der Waals surface area contributed by atoms with Gasteiger partial charge in [-0.25, -0.2) is 0 Å². The molecule has 1 spiro atoms. The van der Waals surface area contributed by atoms with Crippen LogP contribution >= 0.6 is 0 Å². The van der Waals surface area contributed by atoms with E-state index in [0.717, 1.165) is 17.3 Å². The Kier molecular flexibility index (Phi) is 3.94. The zero-order valence-corrected chi connectivity index (χ0v) is 11.5. The molecule has 0 aromatic carbocycles. The van der Waals surface area contributed by atoms with E-state index in [1.165, 1.54) is 58.2 Å². The molecule has 1 nitrogen and oxygen atoms in total. The van der Waals surface area contributed by atoms with Gasteiger partial charge in [-0.3, -0.25) is 0 Å². The monoisotopic (exact) mass is 223 g/mol. The molecule has 0 bridgehead atoms. The number of nitrogens with zero attached hydrogens (tertiary/aromatic N) is 1. The zero-order chi connectivity index (χ0) is 11.6. The van der Waals surface area contributed by atoms with E-state index in [9.17, 15) is 0 Å². The Balaban J connectivity index is 1.84. The third-order valence-electron chi connectivity index (χ3n) is 5.40. The first-order chi connectivity index (χ1) is 7.65. The molecule has 0 aromatic heterocycles. The van der Waals surface area contributed by atoms with Crippen LogP contribution in [-0.4, -0.2) is 24.5 Å². The number of piperidine rings is 1. The highest BCUT2D eigenvalue weighted by Crippen LogP contribution is 2.47. The molecule has 94 valence electrons. The number of hydrogen-bond acceptors (Lipinski definition) is 1. The SMILES string of the molecule is CCN1CCC2(CCC(C(C)C)CC2)CC1. The summed E-state index contributed by atoms with van der Waals surface area (Å²) in [5.41, 5.74) is 0.761. The van der Waals surface area contributed by atoms with Gasteiger partial charge in [0.05, 0.1) is 0 Å². The largest absolute Gasteiger partial charge is 0.304 e. The average molecular weight is 223 g/mol. The normalized spacial score (nSPS) is 27.8. The summed E-state index contributed by atoms with van der Waals surface area (Å²) in [6.45, 7) is 11.1. The molecular formula is C15H29N. The molecule has 0 atom stereocenters. The first-order valence-electron chi connectivity index (χ1n) is 7.37. The van der Waals surface area contributed by atoms with Crippen LogP contribution in [0.4, 0.5) is 0 Å². The van der Waals surface area contributed by atoms with Crippen molar-refractivity contribution < 1.29 is 0 Å². The smallest absolute Gasteiger partial charge is 0.00135 e. The highest BCUT2D eigenvalue weighted by molar-refractivity contribution is 4.90. The highest BCUT2D eigenvalue weighted by atomic mass is 15.1. The van der Waals surface area contributed by atoms with Crippen LogP contribution in [0.25, 0.3) is 0 Å². The van der Waals surface area contributed by atoms with E-state index in [2.05, 4.69) is 25.7 Å². The summed E-state index contributed by atoms with van der Waals surface area (Å²) in [6.07, 6.45) is 9.01. The third-order valence-corrected chi connectivity index (χ3v) is 5.40. The lowest BCUT2D eigenvalue weighted by molar-refractivity contribution is 0.0460. The summed E-state index contributed by atoms with van der Waals surface area (Å²) in [4.78, 5) is 2.62. The van der Waals surface area contributed by atoms with Crippen LogP contribution in [0.2, 0.25) is 0 Å². The van der Waals surface area contributed by atoms with E-state index >= 15 is 0 Å². The highest BCUT2D eigenvalue weighted by Gasteiger charge is 2.38. The van der Waals surface area contributed by atoms with Gasteiger partial charge in [0.2, 0.25) is 0 Å². The van der Waals surface area contributed by atoms with E-state index in [1.54, 1.807) is 0 Å². The Bertz CT molecular complexity index is 203.